The summed E-state index contributed by atoms with van der Waals surface area (Å²) >= 11 is 3.08. The van der Waals surface area contributed by atoms with Crippen LogP contribution < -0.4 is 5.32 Å². The first-order chi connectivity index (χ1) is 9.02. The fourth-order valence-corrected chi connectivity index (χ4v) is 2.47. The number of halogens is 3. The van der Waals surface area contributed by atoms with Crippen LogP contribution in [0.1, 0.15) is 22.7 Å². The maximum Gasteiger partial charge on any atom is 0.132 e. The van der Waals surface area contributed by atoms with E-state index in [9.17, 15) is 8.78 Å². The molecule has 0 saturated carbocycles. The van der Waals surface area contributed by atoms with E-state index in [1.54, 1.807) is 7.05 Å². The molecule has 2 aromatic rings. The van der Waals surface area contributed by atoms with Crippen molar-refractivity contribution in [2.24, 2.45) is 0 Å². The molecule has 1 N–H and O–H groups in total. The van der Waals surface area contributed by atoms with Crippen LogP contribution in [0.25, 0.3) is 0 Å². The average molecular weight is 326 g/mol. The molecule has 0 aliphatic rings. The van der Waals surface area contributed by atoms with E-state index in [1.807, 2.05) is 31.2 Å². The molecule has 0 heterocycles. The van der Waals surface area contributed by atoms with Crippen LogP contribution in [0.5, 0.6) is 0 Å². The molecule has 1 nitrogen and oxygen atoms in total. The Morgan fingerprint density at radius 3 is 2.05 bits per heavy atom. The zero-order valence-corrected chi connectivity index (χ0v) is 12.3. The lowest BCUT2D eigenvalue weighted by molar-refractivity contribution is 0.521. The lowest BCUT2D eigenvalue weighted by atomic mass is 9.97. The fourth-order valence-electron chi connectivity index (χ4n) is 2.07. The molecule has 1 unspecified atom stereocenters. The van der Waals surface area contributed by atoms with Crippen LogP contribution in [0.4, 0.5) is 8.78 Å². The largest absolute Gasteiger partial charge is 0.309 e. The number of benzene rings is 2. The summed E-state index contributed by atoms with van der Waals surface area (Å²) in [5, 5.41) is 2.96. The highest BCUT2D eigenvalue weighted by atomic mass is 79.9. The molecule has 0 fully saturated rings. The molecule has 4 heteroatoms. The number of nitrogens with one attached hydrogen (secondary N) is 1. The van der Waals surface area contributed by atoms with Gasteiger partial charge < -0.3 is 5.32 Å². The molecule has 0 bridgehead atoms. The van der Waals surface area contributed by atoms with Gasteiger partial charge in [-0.15, -0.1) is 0 Å². The maximum atomic E-state index is 14.0. The maximum absolute atomic E-state index is 14.0. The Morgan fingerprint density at radius 1 is 1.05 bits per heavy atom. The topological polar surface area (TPSA) is 12.0 Å². The van der Waals surface area contributed by atoms with Gasteiger partial charge in [-0.3, -0.25) is 0 Å². The lowest BCUT2D eigenvalue weighted by Crippen LogP contribution is -2.20. The van der Waals surface area contributed by atoms with E-state index in [0.29, 0.717) is 4.47 Å². The highest BCUT2D eigenvalue weighted by molar-refractivity contribution is 9.10. The summed E-state index contributed by atoms with van der Waals surface area (Å²) in [5.74, 6) is -1.13. The van der Waals surface area contributed by atoms with E-state index in [0.717, 1.165) is 11.1 Å². The summed E-state index contributed by atoms with van der Waals surface area (Å²) in [7, 11) is 1.69. The molecule has 2 rings (SSSR count). The molecule has 0 aliphatic heterocycles. The first-order valence-corrected chi connectivity index (χ1v) is 6.70. The lowest BCUT2D eigenvalue weighted by Gasteiger charge is -2.19. The van der Waals surface area contributed by atoms with Crippen molar-refractivity contribution in [2.45, 2.75) is 13.0 Å². The molecular weight excluding hydrogens is 312 g/mol. The molecule has 1 atom stereocenters. The van der Waals surface area contributed by atoms with Crippen molar-refractivity contribution in [1.82, 2.24) is 5.32 Å². The minimum absolute atomic E-state index is 0.0366. The predicted octanol–water partition coefficient (Wildman–Crippen LogP) is 4.34. The van der Waals surface area contributed by atoms with Gasteiger partial charge in [0.2, 0.25) is 0 Å². The van der Waals surface area contributed by atoms with Gasteiger partial charge in [0.25, 0.3) is 0 Å². The molecular formula is C15H14BrF2N. The summed E-state index contributed by atoms with van der Waals surface area (Å²) < 4.78 is 28.4. The Morgan fingerprint density at radius 2 is 1.58 bits per heavy atom. The van der Waals surface area contributed by atoms with Crippen molar-refractivity contribution in [1.29, 1.82) is 0 Å². The van der Waals surface area contributed by atoms with Gasteiger partial charge in [0.15, 0.2) is 0 Å². The van der Waals surface area contributed by atoms with Gasteiger partial charge in [-0.2, -0.15) is 0 Å². The van der Waals surface area contributed by atoms with Gasteiger partial charge >= 0.3 is 0 Å². The van der Waals surface area contributed by atoms with E-state index in [4.69, 9.17) is 0 Å². The summed E-state index contributed by atoms with van der Waals surface area (Å²) in [5.41, 5.74) is 1.97. The van der Waals surface area contributed by atoms with Crippen LogP contribution in [0.15, 0.2) is 40.9 Å². The van der Waals surface area contributed by atoms with Crippen LogP contribution in [0.3, 0.4) is 0 Å². The second-order valence-electron chi connectivity index (χ2n) is 4.42. The Hall–Kier alpha value is -1.26. The number of hydrogen-bond donors (Lipinski definition) is 1. The summed E-state index contributed by atoms with van der Waals surface area (Å²) in [6.45, 7) is 1.97. The Bertz CT molecular complexity index is 558. The van der Waals surface area contributed by atoms with Crippen molar-refractivity contribution in [3.05, 3.63) is 69.2 Å². The predicted molar refractivity (Wildman–Crippen MR) is 76.1 cm³/mol. The van der Waals surface area contributed by atoms with Gasteiger partial charge in [-0.05, 0) is 31.7 Å². The SMILES string of the molecule is CNC(c1ccc(C)cc1)c1c(F)cc(Br)cc1F. The Balaban J connectivity index is 2.51. The third-order valence-electron chi connectivity index (χ3n) is 3.03. The standard InChI is InChI=1S/C15H14BrF2N/c1-9-3-5-10(6-4-9)15(19-2)14-12(17)7-11(16)8-13(14)18/h3-8,15,19H,1-2H3. The average Bonchev–Trinajstić information content (AvgIpc) is 2.35. The van der Waals surface area contributed by atoms with Crippen molar-refractivity contribution in [2.75, 3.05) is 7.05 Å². The molecule has 0 aliphatic carbocycles. The number of rotatable bonds is 3. The summed E-state index contributed by atoms with van der Waals surface area (Å²) in [4.78, 5) is 0. The minimum Gasteiger partial charge on any atom is -0.309 e. The van der Waals surface area contributed by atoms with E-state index in [-0.39, 0.29) is 5.56 Å². The Kier molecular flexibility index (Phi) is 4.32. The monoisotopic (exact) mass is 325 g/mol. The van der Waals surface area contributed by atoms with Gasteiger partial charge in [0, 0.05) is 10.0 Å². The first-order valence-electron chi connectivity index (χ1n) is 5.91. The first kappa shape index (κ1) is 14.2. The highest BCUT2D eigenvalue weighted by Crippen LogP contribution is 2.29. The molecule has 100 valence electrons. The molecule has 0 radical (unpaired) electrons. The van der Waals surface area contributed by atoms with E-state index >= 15 is 0 Å². The normalized spacial score (nSPS) is 12.5. The van der Waals surface area contributed by atoms with Crippen LogP contribution >= 0.6 is 15.9 Å². The third kappa shape index (κ3) is 3.01. The number of hydrogen-bond acceptors (Lipinski definition) is 1. The van der Waals surface area contributed by atoms with Crippen LogP contribution in [-0.2, 0) is 0 Å². The van der Waals surface area contributed by atoms with Crippen molar-refractivity contribution >= 4 is 15.9 Å². The third-order valence-corrected chi connectivity index (χ3v) is 3.49. The molecule has 19 heavy (non-hydrogen) atoms. The van der Waals surface area contributed by atoms with E-state index < -0.39 is 17.7 Å². The van der Waals surface area contributed by atoms with Gasteiger partial charge in [0.05, 0.1) is 6.04 Å². The molecule has 0 spiro atoms. The molecule has 0 saturated heterocycles. The summed E-state index contributed by atoms with van der Waals surface area (Å²) in [6.07, 6.45) is 0. The quantitative estimate of drug-likeness (QED) is 0.884. The van der Waals surface area contributed by atoms with Crippen LogP contribution in [0.2, 0.25) is 0 Å². The molecule has 2 aromatic carbocycles. The number of aryl methyl sites for hydroxylation is 1. The highest BCUT2D eigenvalue weighted by Gasteiger charge is 2.21. The van der Waals surface area contributed by atoms with Crippen molar-refractivity contribution < 1.29 is 8.78 Å². The second-order valence-corrected chi connectivity index (χ2v) is 5.33. The van der Waals surface area contributed by atoms with Crippen molar-refractivity contribution in [3.63, 3.8) is 0 Å². The summed E-state index contributed by atoms with van der Waals surface area (Å²) in [6, 6.07) is 9.64. The molecule has 0 aromatic heterocycles. The minimum atomic E-state index is -0.563. The fraction of sp³-hybridized carbons (Fsp3) is 0.200. The van der Waals surface area contributed by atoms with Gasteiger partial charge in [0.1, 0.15) is 11.6 Å². The van der Waals surface area contributed by atoms with E-state index in [1.165, 1.54) is 12.1 Å². The van der Waals surface area contributed by atoms with Gasteiger partial charge in [-0.25, -0.2) is 8.78 Å². The smallest absolute Gasteiger partial charge is 0.132 e. The van der Waals surface area contributed by atoms with Crippen LogP contribution in [0, 0.1) is 18.6 Å². The van der Waals surface area contributed by atoms with Gasteiger partial charge in [-0.1, -0.05) is 45.8 Å². The Labute approximate surface area is 119 Å². The zero-order valence-electron chi connectivity index (χ0n) is 10.7. The molecule has 0 amide bonds. The zero-order chi connectivity index (χ0) is 14.0. The second kappa shape index (κ2) is 5.80. The van der Waals surface area contributed by atoms with Crippen LogP contribution in [-0.4, -0.2) is 7.05 Å². The van der Waals surface area contributed by atoms with E-state index in [2.05, 4.69) is 21.2 Å². The van der Waals surface area contributed by atoms with Crippen molar-refractivity contribution in [3.8, 4) is 0 Å².